The smallest absolute Gasteiger partial charge is 0.258 e. The Balaban J connectivity index is 1.24. The zero-order chi connectivity index (χ0) is 18.6. The molecule has 2 N–H and O–H groups in total. The van der Waals surface area contributed by atoms with Gasteiger partial charge in [-0.1, -0.05) is 12.1 Å². The van der Waals surface area contributed by atoms with Gasteiger partial charge in [0.1, 0.15) is 5.75 Å². The molecular formula is C20H20N2O5. The van der Waals surface area contributed by atoms with E-state index in [0.717, 1.165) is 18.4 Å². The van der Waals surface area contributed by atoms with Crippen LogP contribution in [0.2, 0.25) is 0 Å². The van der Waals surface area contributed by atoms with Crippen LogP contribution in [0.1, 0.15) is 18.4 Å². The van der Waals surface area contributed by atoms with Gasteiger partial charge in [0, 0.05) is 24.2 Å². The molecule has 2 aliphatic rings. The summed E-state index contributed by atoms with van der Waals surface area (Å²) in [6.07, 6.45) is 1.90. The summed E-state index contributed by atoms with van der Waals surface area (Å²) in [5, 5.41) is 5.66. The third-order valence-electron chi connectivity index (χ3n) is 4.35. The SMILES string of the molecule is O=C(COc1cccc(NC(=O)C2CC2)c1)NCc1ccc2c(c1)OCO2. The Hall–Kier alpha value is -3.22. The van der Waals surface area contributed by atoms with E-state index in [4.69, 9.17) is 14.2 Å². The van der Waals surface area contributed by atoms with Crippen LogP contribution in [0.15, 0.2) is 42.5 Å². The molecule has 7 nitrogen and oxygen atoms in total. The Kier molecular flexibility index (Phi) is 4.82. The zero-order valence-electron chi connectivity index (χ0n) is 14.7. The number of hydrogen-bond donors (Lipinski definition) is 2. The second kappa shape index (κ2) is 7.57. The van der Waals surface area contributed by atoms with E-state index in [1.807, 2.05) is 18.2 Å². The first-order chi connectivity index (χ1) is 13.2. The van der Waals surface area contributed by atoms with Gasteiger partial charge in [-0.3, -0.25) is 9.59 Å². The van der Waals surface area contributed by atoms with Crippen molar-refractivity contribution in [1.29, 1.82) is 0 Å². The summed E-state index contributed by atoms with van der Waals surface area (Å²) in [6, 6.07) is 12.6. The number of nitrogens with one attached hydrogen (secondary N) is 2. The number of rotatable bonds is 7. The monoisotopic (exact) mass is 368 g/mol. The summed E-state index contributed by atoms with van der Waals surface area (Å²) >= 11 is 0. The van der Waals surface area contributed by atoms with Gasteiger partial charge >= 0.3 is 0 Å². The first-order valence-corrected chi connectivity index (χ1v) is 8.86. The van der Waals surface area contributed by atoms with Gasteiger partial charge in [-0.05, 0) is 42.7 Å². The molecule has 1 heterocycles. The van der Waals surface area contributed by atoms with Crippen molar-refractivity contribution < 1.29 is 23.8 Å². The number of ether oxygens (including phenoxy) is 3. The third kappa shape index (κ3) is 4.49. The molecule has 2 amide bonds. The van der Waals surface area contributed by atoms with Crippen LogP contribution in [-0.4, -0.2) is 25.2 Å². The molecule has 27 heavy (non-hydrogen) atoms. The van der Waals surface area contributed by atoms with Crippen LogP contribution in [0.4, 0.5) is 5.69 Å². The minimum atomic E-state index is -0.236. The predicted octanol–water partition coefficient (Wildman–Crippen LogP) is 2.46. The van der Waals surface area contributed by atoms with E-state index in [-0.39, 0.29) is 31.1 Å². The van der Waals surface area contributed by atoms with Crippen LogP contribution in [0.3, 0.4) is 0 Å². The zero-order valence-corrected chi connectivity index (χ0v) is 14.7. The highest BCUT2D eigenvalue weighted by atomic mass is 16.7. The fourth-order valence-electron chi connectivity index (χ4n) is 2.70. The fourth-order valence-corrected chi connectivity index (χ4v) is 2.70. The van der Waals surface area contributed by atoms with Gasteiger partial charge in [0.25, 0.3) is 5.91 Å². The molecule has 0 atom stereocenters. The molecule has 4 rings (SSSR count). The molecule has 0 unspecified atom stereocenters. The quantitative estimate of drug-likeness (QED) is 0.784. The molecule has 0 bridgehead atoms. The summed E-state index contributed by atoms with van der Waals surface area (Å²) < 4.78 is 16.1. The molecule has 2 aromatic carbocycles. The van der Waals surface area contributed by atoms with Crippen molar-refractivity contribution in [2.24, 2.45) is 5.92 Å². The van der Waals surface area contributed by atoms with Crippen LogP contribution < -0.4 is 24.8 Å². The number of carbonyl (C=O) groups is 2. The van der Waals surface area contributed by atoms with E-state index >= 15 is 0 Å². The molecule has 1 aliphatic heterocycles. The van der Waals surface area contributed by atoms with Crippen molar-refractivity contribution in [3.05, 3.63) is 48.0 Å². The number of fused-ring (bicyclic) bond motifs is 1. The maximum absolute atomic E-state index is 12.0. The van der Waals surface area contributed by atoms with E-state index < -0.39 is 0 Å². The summed E-state index contributed by atoms with van der Waals surface area (Å²) in [5.41, 5.74) is 1.59. The van der Waals surface area contributed by atoms with E-state index in [1.54, 1.807) is 24.3 Å². The third-order valence-corrected chi connectivity index (χ3v) is 4.35. The average molecular weight is 368 g/mol. The maximum atomic E-state index is 12.0. The number of anilines is 1. The molecular weight excluding hydrogens is 348 g/mol. The molecule has 1 aliphatic carbocycles. The summed E-state index contributed by atoms with van der Waals surface area (Å²) in [4.78, 5) is 23.8. The van der Waals surface area contributed by atoms with Gasteiger partial charge in [-0.15, -0.1) is 0 Å². The van der Waals surface area contributed by atoms with Gasteiger partial charge in [0.05, 0.1) is 0 Å². The van der Waals surface area contributed by atoms with E-state index in [0.29, 0.717) is 29.5 Å². The van der Waals surface area contributed by atoms with Gasteiger partial charge in [-0.2, -0.15) is 0 Å². The Morgan fingerprint density at radius 3 is 2.78 bits per heavy atom. The maximum Gasteiger partial charge on any atom is 0.258 e. The van der Waals surface area contributed by atoms with Crippen molar-refractivity contribution in [3.63, 3.8) is 0 Å². The Labute approximate surface area is 156 Å². The first kappa shape index (κ1) is 17.2. The normalized spacial score (nSPS) is 14.5. The average Bonchev–Trinajstić information content (AvgIpc) is 3.43. The molecule has 140 valence electrons. The predicted molar refractivity (Wildman–Crippen MR) is 97.7 cm³/mol. The number of hydrogen-bond acceptors (Lipinski definition) is 5. The highest BCUT2D eigenvalue weighted by Gasteiger charge is 2.29. The second-order valence-corrected chi connectivity index (χ2v) is 6.54. The lowest BCUT2D eigenvalue weighted by Crippen LogP contribution is -2.28. The summed E-state index contributed by atoms with van der Waals surface area (Å²) in [6.45, 7) is 0.486. The molecule has 1 fully saturated rings. The Morgan fingerprint density at radius 1 is 1.07 bits per heavy atom. The molecule has 2 aromatic rings. The number of amides is 2. The Bertz CT molecular complexity index is 863. The topological polar surface area (TPSA) is 85.9 Å². The minimum Gasteiger partial charge on any atom is -0.484 e. The summed E-state index contributed by atoms with van der Waals surface area (Å²) in [7, 11) is 0. The van der Waals surface area contributed by atoms with Gasteiger partial charge in [0.15, 0.2) is 18.1 Å². The highest BCUT2D eigenvalue weighted by Crippen LogP contribution is 2.32. The van der Waals surface area contributed by atoms with Gasteiger partial charge in [-0.25, -0.2) is 0 Å². The van der Waals surface area contributed by atoms with E-state index in [9.17, 15) is 9.59 Å². The minimum absolute atomic E-state index is 0.0358. The largest absolute Gasteiger partial charge is 0.484 e. The number of benzene rings is 2. The summed E-state index contributed by atoms with van der Waals surface area (Å²) in [5.74, 6) is 1.86. The van der Waals surface area contributed by atoms with Crippen LogP contribution in [0, 0.1) is 5.92 Å². The van der Waals surface area contributed by atoms with Crippen LogP contribution >= 0.6 is 0 Å². The lowest BCUT2D eigenvalue weighted by molar-refractivity contribution is -0.123. The fraction of sp³-hybridized carbons (Fsp3) is 0.300. The van der Waals surface area contributed by atoms with Crippen LogP contribution in [-0.2, 0) is 16.1 Å². The van der Waals surface area contributed by atoms with Crippen molar-refractivity contribution in [1.82, 2.24) is 5.32 Å². The second-order valence-electron chi connectivity index (χ2n) is 6.54. The Morgan fingerprint density at radius 2 is 1.93 bits per heavy atom. The van der Waals surface area contributed by atoms with E-state index in [2.05, 4.69) is 10.6 Å². The number of carbonyl (C=O) groups excluding carboxylic acids is 2. The lowest BCUT2D eigenvalue weighted by atomic mass is 10.2. The lowest BCUT2D eigenvalue weighted by Gasteiger charge is -2.10. The van der Waals surface area contributed by atoms with Crippen LogP contribution in [0.5, 0.6) is 17.2 Å². The molecule has 0 spiro atoms. The molecule has 0 saturated heterocycles. The standard InChI is InChI=1S/C20H20N2O5/c23-19(21-10-13-4-7-17-18(8-13)27-12-26-17)11-25-16-3-1-2-15(9-16)22-20(24)14-5-6-14/h1-4,7-9,14H,5-6,10-12H2,(H,21,23)(H,22,24). The van der Waals surface area contributed by atoms with Gasteiger partial charge < -0.3 is 24.8 Å². The molecule has 0 aromatic heterocycles. The van der Waals surface area contributed by atoms with Crippen LogP contribution in [0.25, 0.3) is 0 Å². The van der Waals surface area contributed by atoms with Gasteiger partial charge in [0.2, 0.25) is 12.7 Å². The highest BCUT2D eigenvalue weighted by molar-refractivity contribution is 5.94. The van der Waals surface area contributed by atoms with Crippen molar-refractivity contribution >= 4 is 17.5 Å². The van der Waals surface area contributed by atoms with Crippen molar-refractivity contribution in [3.8, 4) is 17.2 Å². The first-order valence-electron chi connectivity index (χ1n) is 8.86. The van der Waals surface area contributed by atoms with Crippen molar-refractivity contribution in [2.75, 3.05) is 18.7 Å². The molecule has 1 saturated carbocycles. The molecule has 7 heteroatoms. The van der Waals surface area contributed by atoms with Crippen molar-refractivity contribution in [2.45, 2.75) is 19.4 Å². The molecule has 0 radical (unpaired) electrons. The van der Waals surface area contributed by atoms with E-state index in [1.165, 1.54) is 0 Å².